The zero-order chi connectivity index (χ0) is 24.3. The molecule has 9 nitrogen and oxygen atoms in total. The van der Waals surface area contributed by atoms with Crippen LogP contribution in [0.3, 0.4) is 0 Å². The number of fused-ring (bicyclic) bond motifs is 1. The largest absolute Gasteiger partial charge is 0.373 e. The Morgan fingerprint density at radius 2 is 2.03 bits per heavy atom. The Labute approximate surface area is 202 Å². The Morgan fingerprint density at radius 1 is 1.26 bits per heavy atom. The molecule has 1 amide bonds. The lowest BCUT2D eigenvalue weighted by atomic mass is 10.1. The first-order chi connectivity index (χ1) is 16.2. The molecule has 1 saturated heterocycles. The summed E-state index contributed by atoms with van der Waals surface area (Å²) in [5, 5.41) is 11.9. The zero-order valence-electron chi connectivity index (χ0n) is 18.7. The fourth-order valence-electron chi connectivity index (χ4n) is 3.88. The molecule has 0 radical (unpaired) electrons. The van der Waals surface area contributed by atoms with Gasteiger partial charge in [0, 0.05) is 13.1 Å². The van der Waals surface area contributed by atoms with Crippen LogP contribution < -0.4 is 15.4 Å². The van der Waals surface area contributed by atoms with Crippen molar-refractivity contribution >= 4 is 49.0 Å². The van der Waals surface area contributed by atoms with E-state index < -0.39 is 22.0 Å². The lowest BCUT2D eigenvalue weighted by molar-refractivity contribution is -0.120. The van der Waals surface area contributed by atoms with Gasteiger partial charge in [-0.3, -0.25) is 15.1 Å². The molecule has 0 spiro atoms. The average molecular weight is 502 g/mol. The van der Waals surface area contributed by atoms with Crippen molar-refractivity contribution in [3.8, 4) is 0 Å². The predicted molar refractivity (Wildman–Crippen MR) is 134 cm³/mol. The number of guanidine groups is 1. The highest BCUT2D eigenvalue weighted by molar-refractivity contribution is 7.89. The molecular weight excluding hydrogens is 474 g/mol. The van der Waals surface area contributed by atoms with Gasteiger partial charge in [0.2, 0.25) is 15.9 Å². The van der Waals surface area contributed by atoms with Crippen LogP contribution in [0.15, 0.2) is 64.9 Å². The molecule has 2 atom stereocenters. The van der Waals surface area contributed by atoms with Crippen LogP contribution in [0, 0.1) is 5.41 Å². The predicted octanol–water partition coefficient (Wildman–Crippen LogP) is 2.20. The number of carbonyl (C=O) groups excluding carboxylic acids is 1. The second-order valence-corrected chi connectivity index (χ2v) is 10.7. The third kappa shape index (κ3) is 5.39. The summed E-state index contributed by atoms with van der Waals surface area (Å²) in [5.41, 5.74) is 5.62. The monoisotopic (exact) mass is 501 g/mol. The number of nitrogens with one attached hydrogen (secondary N) is 2. The number of nitrogens with two attached hydrogens (primary N) is 1. The summed E-state index contributed by atoms with van der Waals surface area (Å²) in [4.78, 5) is 16.7. The van der Waals surface area contributed by atoms with Gasteiger partial charge < -0.3 is 15.4 Å². The molecule has 0 saturated carbocycles. The maximum absolute atomic E-state index is 13.4. The number of anilines is 1. The first-order valence-electron chi connectivity index (χ1n) is 10.8. The van der Waals surface area contributed by atoms with E-state index in [4.69, 9.17) is 15.9 Å². The Hall–Kier alpha value is -2.99. The van der Waals surface area contributed by atoms with Crippen LogP contribution in [-0.4, -0.2) is 63.6 Å². The Kier molecular flexibility index (Phi) is 7.17. The van der Waals surface area contributed by atoms with Crippen LogP contribution in [0.25, 0.3) is 10.8 Å². The molecule has 0 aliphatic carbocycles. The SMILES string of the molecule is CC(NS(=O)(=O)c1ccc2ccccc2c1)C(=O)N(C[C@H]1CN(C(=N)N)CCO1)c1cccs1. The van der Waals surface area contributed by atoms with Crippen LogP contribution in [0.5, 0.6) is 0 Å². The van der Waals surface area contributed by atoms with Crippen molar-refractivity contribution in [1.29, 1.82) is 5.41 Å². The van der Waals surface area contributed by atoms with Gasteiger partial charge in [-0.25, -0.2) is 8.42 Å². The van der Waals surface area contributed by atoms with Gasteiger partial charge in [-0.05, 0) is 47.3 Å². The summed E-state index contributed by atoms with van der Waals surface area (Å²) in [6.45, 7) is 3.03. The summed E-state index contributed by atoms with van der Waals surface area (Å²) in [5.74, 6) is -0.436. The van der Waals surface area contributed by atoms with Crippen LogP contribution >= 0.6 is 11.3 Å². The number of hydrogen-bond acceptors (Lipinski definition) is 6. The number of carbonyl (C=O) groups is 1. The molecule has 2 aromatic carbocycles. The summed E-state index contributed by atoms with van der Waals surface area (Å²) in [6, 6.07) is 15.0. The van der Waals surface area contributed by atoms with Gasteiger partial charge in [-0.15, -0.1) is 11.3 Å². The van der Waals surface area contributed by atoms with E-state index in [1.54, 1.807) is 23.1 Å². The first-order valence-corrected chi connectivity index (χ1v) is 13.2. The van der Waals surface area contributed by atoms with Gasteiger partial charge in [-0.2, -0.15) is 4.72 Å². The molecule has 4 rings (SSSR count). The lowest BCUT2D eigenvalue weighted by Gasteiger charge is -2.36. The van der Waals surface area contributed by atoms with E-state index >= 15 is 0 Å². The molecule has 180 valence electrons. The molecule has 1 fully saturated rings. The van der Waals surface area contributed by atoms with Crippen molar-refractivity contribution in [2.24, 2.45) is 5.73 Å². The minimum absolute atomic E-state index is 0.0428. The number of benzene rings is 2. The van der Waals surface area contributed by atoms with Crippen molar-refractivity contribution in [3.63, 3.8) is 0 Å². The topological polar surface area (TPSA) is 129 Å². The van der Waals surface area contributed by atoms with Gasteiger partial charge in [0.05, 0.1) is 35.2 Å². The molecule has 1 aliphatic heterocycles. The lowest BCUT2D eigenvalue weighted by Crippen LogP contribution is -2.54. The third-order valence-corrected chi connectivity index (χ3v) is 8.07. The van der Waals surface area contributed by atoms with E-state index in [-0.39, 0.29) is 23.5 Å². The standard InChI is InChI=1S/C23H27N5O4S2/c1-16(26-34(30,31)20-9-8-17-5-2-3-6-18(17)13-20)22(29)28(21-7-4-12-33-21)15-19-14-27(23(24)25)10-11-32-19/h2-9,12-13,16,19,26H,10-11,14-15H2,1H3,(H3,24,25)/t16?,19-/m1/s1. The number of sulfonamides is 1. The molecule has 1 unspecified atom stereocenters. The summed E-state index contributed by atoms with van der Waals surface area (Å²) in [7, 11) is -3.93. The van der Waals surface area contributed by atoms with Crippen LogP contribution in [-0.2, 0) is 19.6 Å². The number of nitrogens with zero attached hydrogens (tertiary/aromatic N) is 2. The second-order valence-electron chi connectivity index (χ2n) is 8.08. The summed E-state index contributed by atoms with van der Waals surface area (Å²) >= 11 is 1.38. The molecule has 11 heteroatoms. The number of hydrogen-bond donors (Lipinski definition) is 3. The van der Waals surface area contributed by atoms with Gasteiger partial charge in [0.25, 0.3) is 0 Å². The van der Waals surface area contributed by atoms with Gasteiger partial charge in [0.15, 0.2) is 5.96 Å². The van der Waals surface area contributed by atoms with Gasteiger partial charge in [-0.1, -0.05) is 30.3 Å². The van der Waals surface area contributed by atoms with E-state index in [1.165, 1.54) is 29.2 Å². The highest BCUT2D eigenvalue weighted by atomic mass is 32.2. The number of rotatable bonds is 7. The summed E-state index contributed by atoms with van der Waals surface area (Å²) < 4.78 is 34.4. The maximum atomic E-state index is 13.4. The summed E-state index contributed by atoms with van der Waals surface area (Å²) in [6.07, 6.45) is -0.368. The molecular formula is C23H27N5O4S2. The molecule has 34 heavy (non-hydrogen) atoms. The number of amides is 1. The highest BCUT2D eigenvalue weighted by Gasteiger charge is 2.31. The zero-order valence-corrected chi connectivity index (χ0v) is 20.3. The smallest absolute Gasteiger partial charge is 0.245 e. The van der Waals surface area contributed by atoms with Gasteiger partial charge >= 0.3 is 0 Å². The van der Waals surface area contributed by atoms with Crippen molar-refractivity contribution in [2.75, 3.05) is 31.1 Å². The number of morpholine rings is 1. The molecule has 0 bridgehead atoms. The van der Waals surface area contributed by atoms with E-state index in [9.17, 15) is 13.2 Å². The normalized spacial score (nSPS) is 17.4. The molecule has 1 aromatic heterocycles. The van der Waals surface area contributed by atoms with Crippen molar-refractivity contribution in [1.82, 2.24) is 9.62 Å². The number of ether oxygens (including phenoxy) is 1. The second kappa shape index (κ2) is 10.1. The van der Waals surface area contributed by atoms with Crippen molar-refractivity contribution < 1.29 is 17.9 Å². The fraction of sp³-hybridized carbons (Fsp3) is 0.304. The molecule has 3 aromatic rings. The minimum atomic E-state index is -3.93. The number of thiophene rings is 1. The van der Waals surface area contributed by atoms with Crippen molar-refractivity contribution in [2.45, 2.75) is 24.0 Å². The Bertz CT molecular complexity index is 1280. The fourth-order valence-corrected chi connectivity index (χ4v) is 5.86. The minimum Gasteiger partial charge on any atom is -0.373 e. The molecule has 2 heterocycles. The highest BCUT2D eigenvalue weighted by Crippen LogP contribution is 2.24. The maximum Gasteiger partial charge on any atom is 0.245 e. The van der Waals surface area contributed by atoms with Crippen LogP contribution in [0.4, 0.5) is 5.00 Å². The quantitative estimate of drug-likeness (QED) is 0.336. The van der Waals surface area contributed by atoms with E-state index in [2.05, 4.69) is 4.72 Å². The third-order valence-electron chi connectivity index (χ3n) is 5.64. The van der Waals surface area contributed by atoms with Gasteiger partial charge in [0.1, 0.15) is 0 Å². The first kappa shape index (κ1) is 24.1. The van der Waals surface area contributed by atoms with E-state index in [0.29, 0.717) is 24.7 Å². The molecule has 4 N–H and O–H groups in total. The Morgan fingerprint density at radius 3 is 2.74 bits per heavy atom. The Balaban J connectivity index is 1.52. The van der Waals surface area contributed by atoms with Crippen LogP contribution in [0.1, 0.15) is 6.92 Å². The van der Waals surface area contributed by atoms with E-state index in [1.807, 2.05) is 35.7 Å². The van der Waals surface area contributed by atoms with Crippen LogP contribution in [0.2, 0.25) is 0 Å². The van der Waals surface area contributed by atoms with Crippen molar-refractivity contribution in [3.05, 3.63) is 60.0 Å². The van der Waals surface area contributed by atoms with E-state index in [0.717, 1.165) is 10.8 Å². The average Bonchev–Trinajstić information content (AvgIpc) is 3.36. The molecule has 1 aliphatic rings.